The third-order valence-corrected chi connectivity index (χ3v) is 5.84. The van der Waals surface area contributed by atoms with Gasteiger partial charge in [-0.25, -0.2) is 9.78 Å². The van der Waals surface area contributed by atoms with Gasteiger partial charge in [-0.1, -0.05) is 6.07 Å². The lowest BCUT2D eigenvalue weighted by atomic mass is 10.0. The molecule has 0 unspecified atom stereocenters. The highest BCUT2D eigenvalue weighted by Crippen LogP contribution is 2.22. The monoisotopic (exact) mass is 422 g/mol. The minimum atomic E-state index is -0.265. The van der Waals surface area contributed by atoms with Crippen molar-refractivity contribution >= 4 is 29.1 Å². The topological polar surface area (TPSA) is 89.6 Å². The van der Waals surface area contributed by atoms with E-state index < -0.39 is 0 Å². The zero-order chi connectivity index (χ0) is 21.8. The van der Waals surface area contributed by atoms with Crippen LogP contribution in [0.4, 0.5) is 22.0 Å². The molecule has 1 aliphatic carbocycles. The van der Waals surface area contributed by atoms with Crippen molar-refractivity contribution in [3.8, 4) is 0 Å². The predicted octanol–water partition coefficient (Wildman–Crippen LogP) is 3.15. The third kappa shape index (κ3) is 5.73. The predicted molar refractivity (Wildman–Crippen MR) is 123 cm³/mol. The van der Waals surface area contributed by atoms with Crippen LogP contribution in [0.1, 0.15) is 36.0 Å². The van der Waals surface area contributed by atoms with Gasteiger partial charge in [-0.05, 0) is 70.1 Å². The summed E-state index contributed by atoms with van der Waals surface area (Å²) in [4.78, 5) is 33.6. The fraction of sp³-hybridized carbons (Fsp3) is 0.435. The normalized spacial score (nSPS) is 16.8. The van der Waals surface area contributed by atoms with Gasteiger partial charge < -0.3 is 25.8 Å². The van der Waals surface area contributed by atoms with E-state index in [0.29, 0.717) is 23.1 Å². The first-order chi connectivity index (χ1) is 15.0. The lowest BCUT2D eigenvalue weighted by Gasteiger charge is -2.36. The molecule has 31 heavy (non-hydrogen) atoms. The van der Waals surface area contributed by atoms with Crippen molar-refractivity contribution < 1.29 is 9.59 Å². The van der Waals surface area contributed by atoms with Gasteiger partial charge in [-0.2, -0.15) is 0 Å². The number of nitrogens with one attached hydrogen (secondary N) is 3. The van der Waals surface area contributed by atoms with Crippen LogP contribution in [0.2, 0.25) is 0 Å². The Labute approximate surface area is 183 Å². The Kier molecular flexibility index (Phi) is 6.36. The molecule has 2 aromatic rings. The molecule has 1 aliphatic heterocycles. The Morgan fingerprint density at radius 1 is 1.03 bits per heavy atom. The molecule has 0 radical (unpaired) electrons. The number of hydrogen-bond donors (Lipinski definition) is 3. The summed E-state index contributed by atoms with van der Waals surface area (Å²) in [5, 5.41) is 8.47. The van der Waals surface area contributed by atoms with Crippen molar-refractivity contribution in [2.45, 2.75) is 37.8 Å². The molecule has 0 atom stereocenters. The van der Waals surface area contributed by atoms with E-state index in [1.807, 2.05) is 18.3 Å². The summed E-state index contributed by atoms with van der Waals surface area (Å²) in [5.74, 6) is 0.236. The second-order valence-corrected chi connectivity index (χ2v) is 8.49. The van der Waals surface area contributed by atoms with Gasteiger partial charge in [-0.3, -0.25) is 4.79 Å². The van der Waals surface area contributed by atoms with Crippen LogP contribution in [0.15, 0.2) is 42.6 Å². The van der Waals surface area contributed by atoms with E-state index >= 15 is 0 Å². The van der Waals surface area contributed by atoms with Gasteiger partial charge in [0.2, 0.25) is 0 Å². The summed E-state index contributed by atoms with van der Waals surface area (Å²) < 4.78 is 0. The summed E-state index contributed by atoms with van der Waals surface area (Å²) in [5.41, 5.74) is 2.11. The van der Waals surface area contributed by atoms with Crippen molar-refractivity contribution in [2.75, 3.05) is 42.7 Å². The van der Waals surface area contributed by atoms with Crippen LogP contribution < -0.4 is 20.9 Å². The molecule has 2 heterocycles. The van der Waals surface area contributed by atoms with E-state index in [2.05, 4.69) is 44.8 Å². The number of amides is 3. The van der Waals surface area contributed by atoms with Crippen LogP contribution in [0, 0.1) is 0 Å². The molecule has 3 N–H and O–H groups in total. The molecule has 1 saturated heterocycles. The first-order valence-corrected chi connectivity index (χ1v) is 10.8. The van der Waals surface area contributed by atoms with E-state index in [4.69, 9.17) is 0 Å². The molecule has 0 spiro atoms. The molecule has 1 saturated carbocycles. The van der Waals surface area contributed by atoms with Gasteiger partial charge in [0, 0.05) is 36.4 Å². The number of carbonyl (C=O) groups excluding carboxylic acids is 2. The largest absolute Gasteiger partial charge is 0.370 e. The Hall–Kier alpha value is -3.13. The Morgan fingerprint density at radius 3 is 2.45 bits per heavy atom. The van der Waals surface area contributed by atoms with E-state index in [-0.39, 0.29) is 18.0 Å². The molecule has 0 bridgehead atoms. The number of piperidine rings is 1. The SMILES string of the molecule is CN(C)C1CCN(c2ccc(NC(=O)c3cccc(NC(=O)NC4CC4)c3)nc2)CC1. The van der Waals surface area contributed by atoms with Crippen molar-refractivity contribution in [3.63, 3.8) is 0 Å². The fourth-order valence-electron chi connectivity index (χ4n) is 3.79. The molecule has 4 rings (SSSR count). The maximum Gasteiger partial charge on any atom is 0.319 e. The van der Waals surface area contributed by atoms with Crippen LogP contribution >= 0.6 is 0 Å². The molecule has 1 aromatic heterocycles. The highest BCUT2D eigenvalue weighted by molar-refractivity contribution is 6.04. The van der Waals surface area contributed by atoms with Gasteiger partial charge in [-0.15, -0.1) is 0 Å². The quantitative estimate of drug-likeness (QED) is 0.665. The number of urea groups is 1. The average Bonchev–Trinajstić information content (AvgIpc) is 3.58. The second-order valence-electron chi connectivity index (χ2n) is 8.49. The van der Waals surface area contributed by atoms with Crippen LogP contribution in [0.5, 0.6) is 0 Å². The Bertz CT molecular complexity index is 918. The standard InChI is InChI=1S/C23H30N6O2/c1-28(2)19-10-12-29(13-11-19)20-8-9-21(24-15-20)27-22(30)16-4-3-5-18(14-16)26-23(31)25-17-6-7-17/h3-5,8-9,14-15,17,19H,6-7,10-13H2,1-2H3,(H,24,27,30)(H2,25,26,31). The summed E-state index contributed by atoms with van der Waals surface area (Å²) in [6, 6.07) is 11.4. The molecule has 164 valence electrons. The maximum absolute atomic E-state index is 12.6. The molecular formula is C23H30N6O2. The maximum atomic E-state index is 12.6. The smallest absolute Gasteiger partial charge is 0.319 e. The first kappa shape index (κ1) is 21.1. The molecule has 8 nitrogen and oxygen atoms in total. The van der Waals surface area contributed by atoms with Crippen LogP contribution in [0.25, 0.3) is 0 Å². The fourth-order valence-corrected chi connectivity index (χ4v) is 3.79. The molecule has 1 aromatic carbocycles. The molecule has 2 aliphatic rings. The first-order valence-electron chi connectivity index (χ1n) is 10.8. The van der Waals surface area contributed by atoms with E-state index in [0.717, 1.165) is 44.5 Å². The Morgan fingerprint density at radius 2 is 1.81 bits per heavy atom. The summed E-state index contributed by atoms with van der Waals surface area (Å²) in [6.45, 7) is 2.01. The number of rotatable bonds is 6. The lowest BCUT2D eigenvalue weighted by Crippen LogP contribution is -2.42. The van der Waals surface area contributed by atoms with E-state index in [1.165, 1.54) is 0 Å². The zero-order valence-electron chi connectivity index (χ0n) is 18.1. The third-order valence-electron chi connectivity index (χ3n) is 5.84. The number of pyridine rings is 1. The van der Waals surface area contributed by atoms with Crippen LogP contribution in [-0.4, -0.2) is 61.1 Å². The molecule has 3 amide bonds. The minimum Gasteiger partial charge on any atom is -0.370 e. The molecular weight excluding hydrogens is 392 g/mol. The van der Waals surface area contributed by atoms with Crippen molar-refractivity contribution in [2.24, 2.45) is 0 Å². The van der Waals surface area contributed by atoms with Crippen LogP contribution in [0.3, 0.4) is 0 Å². The van der Waals surface area contributed by atoms with Gasteiger partial charge in [0.25, 0.3) is 5.91 Å². The van der Waals surface area contributed by atoms with Crippen molar-refractivity contribution in [1.29, 1.82) is 0 Å². The van der Waals surface area contributed by atoms with Crippen molar-refractivity contribution in [3.05, 3.63) is 48.2 Å². The molecule has 2 fully saturated rings. The number of benzene rings is 1. The van der Waals surface area contributed by atoms with Gasteiger partial charge >= 0.3 is 6.03 Å². The number of anilines is 3. The zero-order valence-corrected chi connectivity index (χ0v) is 18.1. The molecule has 8 heteroatoms. The highest BCUT2D eigenvalue weighted by Gasteiger charge is 2.23. The van der Waals surface area contributed by atoms with E-state index in [1.54, 1.807) is 24.3 Å². The highest BCUT2D eigenvalue weighted by atomic mass is 16.2. The van der Waals surface area contributed by atoms with Gasteiger partial charge in [0.1, 0.15) is 5.82 Å². The summed E-state index contributed by atoms with van der Waals surface area (Å²) in [6.07, 6.45) is 6.13. The summed E-state index contributed by atoms with van der Waals surface area (Å²) >= 11 is 0. The minimum absolute atomic E-state index is 0.244. The average molecular weight is 423 g/mol. The lowest BCUT2D eigenvalue weighted by molar-refractivity contribution is 0.102. The Balaban J connectivity index is 1.32. The van der Waals surface area contributed by atoms with Crippen LogP contribution in [-0.2, 0) is 0 Å². The van der Waals surface area contributed by atoms with Gasteiger partial charge in [0.05, 0.1) is 11.9 Å². The van der Waals surface area contributed by atoms with Crippen molar-refractivity contribution in [1.82, 2.24) is 15.2 Å². The number of carbonyl (C=O) groups is 2. The second kappa shape index (κ2) is 9.34. The number of aromatic nitrogens is 1. The number of hydrogen-bond acceptors (Lipinski definition) is 5. The summed E-state index contributed by atoms with van der Waals surface area (Å²) in [7, 11) is 4.27. The van der Waals surface area contributed by atoms with E-state index in [9.17, 15) is 9.59 Å². The number of nitrogens with zero attached hydrogens (tertiary/aromatic N) is 3. The van der Waals surface area contributed by atoms with Gasteiger partial charge in [0.15, 0.2) is 0 Å².